The molecule has 4 rings (SSSR count). The third-order valence-corrected chi connectivity index (χ3v) is 6.25. The van der Waals surface area contributed by atoms with Gasteiger partial charge in [0.25, 0.3) is 0 Å². The van der Waals surface area contributed by atoms with Crippen LogP contribution in [0.25, 0.3) is 0 Å². The van der Waals surface area contributed by atoms with Gasteiger partial charge in [0.15, 0.2) is 11.5 Å². The highest BCUT2D eigenvalue weighted by Gasteiger charge is 2.30. The highest BCUT2D eigenvalue weighted by molar-refractivity contribution is 5.70. The number of carbonyl (C=O) groups is 1. The number of likely N-dealkylation sites (tertiary alicyclic amines) is 1. The lowest BCUT2D eigenvalue weighted by molar-refractivity contribution is -0.143. The lowest BCUT2D eigenvalue weighted by atomic mass is 9.91. The topological polar surface area (TPSA) is 59.0 Å². The Morgan fingerprint density at radius 1 is 0.971 bits per heavy atom. The quantitative estimate of drug-likeness (QED) is 0.442. The van der Waals surface area contributed by atoms with Gasteiger partial charge in [-0.2, -0.15) is 0 Å². The number of ether oxygens (including phenoxy) is 2. The first-order valence-electron chi connectivity index (χ1n) is 11.7. The minimum absolute atomic E-state index is 0.141. The summed E-state index contributed by atoms with van der Waals surface area (Å²) in [6.45, 7) is 4.16. The molecule has 1 saturated heterocycles. The fourth-order valence-corrected chi connectivity index (χ4v) is 4.48. The number of piperidine rings is 1. The van der Waals surface area contributed by atoms with Crippen LogP contribution in [-0.4, -0.2) is 35.7 Å². The van der Waals surface area contributed by atoms with Crippen molar-refractivity contribution in [3.05, 3.63) is 95.3 Å². The van der Waals surface area contributed by atoms with E-state index in [2.05, 4.69) is 4.90 Å². The molecule has 0 aromatic heterocycles. The van der Waals surface area contributed by atoms with Crippen LogP contribution in [0.4, 0.5) is 4.39 Å². The van der Waals surface area contributed by atoms with Crippen LogP contribution in [0.1, 0.15) is 42.5 Å². The molecule has 1 atom stereocenters. The van der Waals surface area contributed by atoms with Crippen LogP contribution >= 0.6 is 0 Å². The fourth-order valence-electron chi connectivity index (χ4n) is 4.48. The van der Waals surface area contributed by atoms with Crippen molar-refractivity contribution in [3.8, 4) is 11.5 Å². The Morgan fingerprint density at radius 3 is 2.29 bits per heavy atom. The number of aliphatic carboxylic acids is 1. The van der Waals surface area contributed by atoms with Crippen LogP contribution < -0.4 is 9.47 Å². The van der Waals surface area contributed by atoms with E-state index in [1.807, 2.05) is 55.5 Å². The molecule has 3 aromatic rings. The summed E-state index contributed by atoms with van der Waals surface area (Å²) in [5.41, 5.74) is 3.02. The molecule has 6 heteroatoms. The molecule has 34 heavy (non-hydrogen) atoms. The molecule has 0 amide bonds. The molecule has 5 nitrogen and oxygen atoms in total. The molecule has 3 aromatic carbocycles. The van der Waals surface area contributed by atoms with E-state index in [-0.39, 0.29) is 17.8 Å². The van der Waals surface area contributed by atoms with E-state index >= 15 is 0 Å². The summed E-state index contributed by atoms with van der Waals surface area (Å²) < 4.78 is 25.7. The summed E-state index contributed by atoms with van der Waals surface area (Å²) in [6.07, 6.45) is 1.17. The van der Waals surface area contributed by atoms with Gasteiger partial charge in [0, 0.05) is 0 Å². The zero-order valence-corrected chi connectivity index (χ0v) is 19.3. The molecule has 0 spiro atoms. The number of nitrogens with zero attached hydrogens (tertiary/aromatic N) is 1. The van der Waals surface area contributed by atoms with Gasteiger partial charge in [-0.15, -0.1) is 0 Å². The van der Waals surface area contributed by atoms with Crippen molar-refractivity contribution in [2.45, 2.75) is 32.4 Å². The summed E-state index contributed by atoms with van der Waals surface area (Å²) in [5.74, 6) is -0.0264. The third-order valence-electron chi connectivity index (χ3n) is 6.25. The molecule has 1 heterocycles. The predicted octanol–water partition coefficient (Wildman–Crippen LogP) is 5.69. The molecular formula is C28H30FNO4. The zero-order valence-electron chi connectivity index (χ0n) is 19.3. The van der Waals surface area contributed by atoms with E-state index in [4.69, 9.17) is 9.47 Å². The van der Waals surface area contributed by atoms with Crippen molar-refractivity contribution in [1.82, 2.24) is 4.90 Å². The van der Waals surface area contributed by atoms with Gasteiger partial charge < -0.3 is 14.6 Å². The smallest absolute Gasteiger partial charge is 0.306 e. The van der Waals surface area contributed by atoms with Crippen molar-refractivity contribution in [3.63, 3.8) is 0 Å². The maximum Gasteiger partial charge on any atom is 0.306 e. The molecular weight excluding hydrogens is 433 g/mol. The lowest BCUT2D eigenvalue weighted by Gasteiger charge is -2.37. The van der Waals surface area contributed by atoms with E-state index in [9.17, 15) is 14.3 Å². The van der Waals surface area contributed by atoms with Crippen molar-refractivity contribution >= 4 is 5.97 Å². The highest BCUT2D eigenvalue weighted by Crippen LogP contribution is 2.37. The Bertz CT molecular complexity index is 1080. The van der Waals surface area contributed by atoms with Crippen molar-refractivity contribution in [2.24, 2.45) is 5.92 Å². The molecule has 0 saturated carbocycles. The third kappa shape index (κ3) is 5.75. The fraction of sp³-hybridized carbons (Fsp3) is 0.321. The first-order valence-corrected chi connectivity index (χ1v) is 11.7. The Hall–Kier alpha value is -3.38. The zero-order chi connectivity index (χ0) is 23.9. The second-order valence-corrected chi connectivity index (χ2v) is 8.52. The summed E-state index contributed by atoms with van der Waals surface area (Å²) >= 11 is 0. The molecule has 0 bridgehead atoms. The lowest BCUT2D eigenvalue weighted by Crippen LogP contribution is -2.39. The minimum Gasteiger partial charge on any atom is -0.490 e. The van der Waals surface area contributed by atoms with E-state index in [0.717, 1.165) is 16.7 Å². The Balaban J connectivity index is 1.62. The number of carboxylic acids is 1. The SMILES string of the molecule is CCOc1cc(C(c2ccc(F)cc2)N2CCC(C(=O)O)CC2)ccc1OCc1ccccc1. The molecule has 0 aliphatic carbocycles. The molecule has 1 N–H and O–H groups in total. The molecule has 1 unspecified atom stereocenters. The molecule has 1 aliphatic rings. The van der Waals surface area contributed by atoms with Crippen LogP contribution in [0.3, 0.4) is 0 Å². The summed E-state index contributed by atoms with van der Waals surface area (Å²) in [6, 6.07) is 22.3. The Morgan fingerprint density at radius 2 is 1.65 bits per heavy atom. The van der Waals surface area contributed by atoms with Gasteiger partial charge in [0.2, 0.25) is 0 Å². The average molecular weight is 464 g/mol. The molecule has 1 fully saturated rings. The van der Waals surface area contributed by atoms with E-state index in [0.29, 0.717) is 50.6 Å². The van der Waals surface area contributed by atoms with Crippen molar-refractivity contribution in [1.29, 1.82) is 0 Å². The summed E-state index contributed by atoms with van der Waals surface area (Å²) in [4.78, 5) is 13.7. The highest BCUT2D eigenvalue weighted by atomic mass is 19.1. The molecule has 178 valence electrons. The van der Waals surface area contributed by atoms with Crippen molar-refractivity contribution < 1.29 is 23.8 Å². The number of rotatable bonds is 9. The van der Waals surface area contributed by atoms with Gasteiger partial charge in [-0.05, 0) is 73.8 Å². The number of benzene rings is 3. The normalized spacial score (nSPS) is 15.6. The second-order valence-electron chi connectivity index (χ2n) is 8.52. The first-order chi connectivity index (χ1) is 16.5. The molecule has 1 aliphatic heterocycles. The van der Waals surface area contributed by atoms with Crippen LogP contribution in [0.2, 0.25) is 0 Å². The van der Waals surface area contributed by atoms with E-state index < -0.39 is 5.97 Å². The minimum atomic E-state index is -0.739. The maximum atomic E-state index is 13.7. The van der Waals surface area contributed by atoms with Gasteiger partial charge >= 0.3 is 5.97 Å². The maximum absolute atomic E-state index is 13.7. The summed E-state index contributed by atoms with van der Waals surface area (Å²) in [5, 5.41) is 9.40. The predicted molar refractivity (Wildman–Crippen MR) is 129 cm³/mol. The monoisotopic (exact) mass is 463 g/mol. The van der Waals surface area contributed by atoms with Gasteiger partial charge in [-0.3, -0.25) is 9.69 Å². The van der Waals surface area contributed by atoms with Crippen LogP contribution in [-0.2, 0) is 11.4 Å². The second kappa shape index (κ2) is 11.2. The Labute approximate surface area is 199 Å². The standard InChI is InChI=1S/C28H30FNO4/c1-2-33-26-18-23(10-13-25(26)34-19-20-6-4-3-5-7-20)27(21-8-11-24(29)12-9-21)30-16-14-22(15-17-30)28(31)32/h3-13,18,22,27H,2,14-17,19H2,1H3,(H,31,32). The van der Waals surface area contributed by atoms with E-state index in [1.165, 1.54) is 12.1 Å². The largest absolute Gasteiger partial charge is 0.490 e. The summed E-state index contributed by atoms with van der Waals surface area (Å²) in [7, 11) is 0. The number of hydrogen-bond donors (Lipinski definition) is 1. The van der Waals surface area contributed by atoms with Gasteiger partial charge in [-0.25, -0.2) is 4.39 Å². The van der Waals surface area contributed by atoms with Gasteiger partial charge in [0.1, 0.15) is 12.4 Å². The number of halogens is 1. The number of hydrogen-bond acceptors (Lipinski definition) is 4. The Kier molecular flexibility index (Phi) is 7.80. The van der Waals surface area contributed by atoms with Crippen LogP contribution in [0, 0.1) is 11.7 Å². The average Bonchev–Trinajstić information content (AvgIpc) is 2.86. The van der Waals surface area contributed by atoms with Gasteiger partial charge in [0.05, 0.1) is 18.6 Å². The van der Waals surface area contributed by atoms with Crippen LogP contribution in [0.5, 0.6) is 11.5 Å². The van der Waals surface area contributed by atoms with Crippen molar-refractivity contribution in [2.75, 3.05) is 19.7 Å². The van der Waals surface area contributed by atoms with E-state index in [1.54, 1.807) is 12.1 Å². The number of carboxylic acid groups (broad SMARTS) is 1. The molecule has 0 radical (unpaired) electrons. The van der Waals surface area contributed by atoms with Crippen LogP contribution in [0.15, 0.2) is 72.8 Å². The first kappa shape index (κ1) is 23.8. The van der Waals surface area contributed by atoms with Gasteiger partial charge in [-0.1, -0.05) is 48.5 Å².